The van der Waals surface area contributed by atoms with Crippen molar-refractivity contribution < 1.29 is 9.90 Å². The summed E-state index contributed by atoms with van der Waals surface area (Å²) in [5.74, 6) is -0.0803. The van der Waals surface area contributed by atoms with E-state index in [4.69, 9.17) is 5.11 Å². The fourth-order valence-corrected chi connectivity index (χ4v) is 2.37. The number of nitrogens with one attached hydrogen (secondary N) is 2. The molecule has 2 aromatic rings. The number of benzene rings is 1. The maximum absolute atomic E-state index is 11.0. The van der Waals surface area contributed by atoms with Crippen LogP contribution in [-0.4, -0.2) is 27.4 Å². The molecule has 22 heavy (non-hydrogen) atoms. The third-order valence-electron chi connectivity index (χ3n) is 3.52. The van der Waals surface area contributed by atoms with E-state index in [0.717, 1.165) is 28.3 Å². The Kier molecular flexibility index (Phi) is 5.16. The van der Waals surface area contributed by atoms with Crippen LogP contribution in [0.2, 0.25) is 0 Å². The molecule has 0 saturated carbocycles. The molecule has 1 aromatic heterocycles. The molecule has 0 unspecified atom stereocenters. The summed E-state index contributed by atoms with van der Waals surface area (Å²) < 4.78 is 1.83. The summed E-state index contributed by atoms with van der Waals surface area (Å²) in [6.45, 7) is 6.73. The summed E-state index contributed by atoms with van der Waals surface area (Å²) in [6.07, 6.45) is 0. The van der Waals surface area contributed by atoms with Crippen molar-refractivity contribution in [3.05, 3.63) is 41.2 Å². The smallest absolute Gasteiger partial charge is 0.221 e. The minimum Gasteiger partial charge on any atom is -0.394 e. The van der Waals surface area contributed by atoms with Crippen molar-refractivity contribution in [3.8, 4) is 0 Å². The Morgan fingerprint density at radius 2 is 1.86 bits per heavy atom. The Bertz CT molecular complexity index is 647. The molecule has 3 N–H and O–H groups in total. The number of aromatic nitrogens is 2. The van der Waals surface area contributed by atoms with Gasteiger partial charge in [0.15, 0.2) is 0 Å². The Labute approximate surface area is 130 Å². The zero-order chi connectivity index (χ0) is 16.1. The Hall–Kier alpha value is -2.34. The van der Waals surface area contributed by atoms with Crippen molar-refractivity contribution >= 4 is 17.3 Å². The summed E-state index contributed by atoms with van der Waals surface area (Å²) in [7, 11) is 0. The molecule has 2 rings (SSSR count). The average Bonchev–Trinajstić information content (AvgIpc) is 2.73. The predicted octanol–water partition coefficient (Wildman–Crippen LogP) is 2.06. The molecule has 1 amide bonds. The lowest BCUT2D eigenvalue weighted by molar-refractivity contribution is -0.114. The van der Waals surface area contributed by atoms with Crippen LogP contribution < -0.4 is 10.6 Å². The van der Waals surface area contributed by atoms with E-state index in [1.54, 1.807) is 0 Å². The quantitative estimate of drug-likeness (QED) is 0.763. The highest BCUT2D eigenvalue weighted by atomic mass is 16.3. The molecule has 0 radical (unpaired) electrons. The van der Waals surface area contributed by atoms with Crippen LogP contribution in [0.3, 0.4) is 0 Å². The van der Waals surface area contributed by atoms with E-state index in [1.165, 1.54) is 6.92 Å². The van der Waals surface area contributed by atoms with E-state index in [2.05, 4.69) is 15.7 Å². The lowest BCUT2D eigenvalue weighted by atomic mass is 10.2. The van der Waals surface area contributed by atoms with E-state index in [0.29, 0.717) is 13.1 Å². The molecule has 0 aliphatic heterocycles. The molecule has 6 nitrogen and oxygen atoms in total. The van der Waals surface area contributed by atoms with E-state index < -0.39 is 0 Å². The highest BCUT2D eigenvalue weighted by Gasteiger charge is 2.10. The van der Waals surface area contributed by atoms with Gasteiger partial charge in [0.1, 0.15) is 0 Å². The van der Waals surface area contributed by atoms with Crippen LogP contribution in [0.5, 0.6) is 0 Å². The fourth-order valence-electron chi connectivity index (χ4n) is 2.37. The number of amides is 1. The predicted molar refractivity (Wildman–Crippen MR) is 86.9 cm³/mol. The topological polar surface area (TPSA) is 79.2 Å². The van der Waals surface area contributed by atoms with Crippen molar-refractivity contribution in [1.82, 2.24) is 9.78 Å². The second-order valence-corrected chi connectivity index (χ2v) is 5.21. The van der Waals surface area contributed by atoms with Gasteiger partial charge in [0.25, 0.3) is 0 Å². The molecule has 0 atom stereocenters. The van der Waals surface area contributed by atoms with Crippen LogP contribution in [0.1, 0.15) is 23.9 Å². The van der Waals surface area contributed by atoms with E-state index in [1.807, 2.05) is 42.8 Å². The van der Waals surface area contributed by atoms with Crippen LogP contribution in [0.4, 0.5) is 11.4 Å². The van der Waals surface area contributed by atoms with Gasteiger partial charge in [-0.2, -0.15) is 5.10 Å². The molecular formula is C16H22N4O2. The highest BCUT2D eigenvalue weighted by molar-refractivity contribution is 5.88. The van der Waals surface area contributed by atoms with Crippen molar-refractivity contribution in [2.45, 2.75) is 33.9 Å². The van der Waals surface area contributed by atoms with Gasteiger partial charge >= 0.3 is 0 Å². The van der Waals surface area contributed by atoms with Gasteiger partial charge in [-0.15, -0.1) is 0 Å². The van der Waals surface area contributed by atoms with Crippen LogP contribution in [0.25, 0.3) is 0 Å². The third-order valence-corrected chi connectivity index (χ3v) is 3.52. The fraction of sp³-hybridized carbons (Fsp3) is 0.375. The van der Waals surface area contributed by atoms with Crippen molar-refractivity contribution in [2.75, 3.05) is 17.2 Å². The third kappa shape index (κ3) is 3.85. The van der Waals surface area contributed by atoms with Gasteiger partial charge in [-0.25, -0.2) is 0 Å². The number of hydrogen-bond donors (Lipinski definition) is 3. The molecular weight excluding hydrogens is 280 g/mol. The van der Waals surface area contributed by atoms with Gasteiger partial charge in [0.05, 0.1) is 18.8 Å². The van der Waals surface area contributed by atoms with Crippen LogP contribution in [0, 0.1) is 13.8 Å². The molecule has 0 saturated heterocycles. The van der Waals surface area contributed by atoms with E-state index >= 15 is 0 Å². The molecule has 6 heteroatoms. The van der Waals surface area contributed by atoms with Crippen LogP contribution in [0.15, 0.2) is 24.3 Å². The number of carbonyl (C=O) groups excluding carboxylic acids is 1. The summed E-state index contributed by atoms with van der Waals surface area (Å²) >= 11 is 0. The van der Waals surface area contributed by atoms with E-state index in [9.17, 15) is 4.79 Å². The summed E-state index contributed by atoms with van der Waals surface area (Å²) in [5.41, 5.74) is 4.92. The van der Waals surface area contributed by atoms with Gasteiger partial charge in [0.2, 0.25) is 5.91 Å². The van der Waals surface area contributed by atoms with Crippen molar-refractivity contribution in [1.29, 1.82) is 0 Å². The standard InChI is InChI=1S/C16H22N4O2/c1-11-16(12(2)20(19-11)8-9-21)10-17-14-4-6-15(7-5-14)18-13(3)22/h4-7,17,21H,8-10H2,1-3H3,(H,18,22). The molecule has 1 heterocycles. The number of rotatable bonds is 6. The van der Waals surface area contributed by atoms with Gasteiger partial charge in [-0.3, -0.25) is 9.48 Å². The first-order valence-corrected chi connectivity index (χ1v) is 7.26. The van der Waals surface area contributed by atoms with Gasteiger partial charge in [0, 0.05) is 36.1 Å². The number of nitrogens with zero attached hydrogens (tertiary/aromatic N) is 2. The number of anilines is 2. The molecule has 1 aromatic carbocycles. The molecule has 0 bridgehead atoms. The van der Waals surface area contributed by atoms with E-state index in [-0.39, 0.29) is 12.5 Å². The van der Waals surface area contributed by atoms with Gasteiger partial charge < -0.3 is 15.7 Å². The second kappa shape index (κ2) is 7.09. The lowest BCUT2D eigenvalue weighted by Gasteiger charge is -2.09. The number of aliphatic hydroxyl groups excluding tert-OH is 1. The van der Waals surface area contributed by atoms with Crippen molar-refractivity contribution in [2.24, 2.45) is 0 Å². The maximum Gasteiger partial charge on any atom is 0.221 e. The zero-order valence-corrected chi connectivity index (χ0v) is 13.2. The Morgan fingerprint density at radius 3 is 2.45 bits per heavy atom. The first kappa shape index (κ1) is 16.0. The maximum atomic E-state index is 11.0. The second-order valence-electron chi connectivity index (χ2n) is 5.21. The normalized spacial score (nSPS) is 10.5. The molecule has 118 valence electrons. The summed E-state index contributed by atoms with van der Waals surface area (Å²) in [4.78, 5) is 11.0. The number of carbonyl (C=O) groups is 1. The van der Waals surface area contributed by atoms with Gasteiger partial charge in [-0.1, -0.05) is 0 Å². The highest BCUT2D eigenvalue weighted by Crippen LogP contribution is 2.17. The van der Waals surface area contributed by atoms with Crippen LogP contribution >= 0.6 is 0 Å². The molecule has 0 spiro atoms. The minimum absolute atomic E-state index is 0.0803. The largest absolute Gasteiger partial charge is 0.394 e. The van der Waals surface area contributed by atoms with Crippen LogP contribution in [-0.2, 0) is 17.9 Å². The Balaban J connectivity index is 2.02. The summed E-state index contributed by atoms with van der Waals surface area (Å²) in [6, 6.07) is 7.57. The summed E-state index contributed by atoms with van der Waals surface area (Å²) in [5, 5.41) is 19.6. The number of aliphatic hydroxyl groups is 1. The molecule has 0 aliphatic rings. The number of hydrogen-bond acceptors (Lipinski definition) is 4. The van der Waals surface area contributed by atoms with Gasteiger partial charge in [-0.05, 0) is 38.1 Å². The Morgan fingerprint density at radius 1 is 1.23 bits per heavy atom. The SMILES string of the molecule is CC(=O)Nc1ccc(NCc2c(C)nn(CCO)c2C)cc1. The van der Waals surface area contributed by atoms with Crippen molar-refractivity contribution in [3.63, 3.8) is 0 Å². The monoisotopic (exact) mass is 302 g/mol. The molecule has 0 aliphatic carbocycles. The molecule has 0 fully saturated rings. The lowest BCUT2D eigenvalue weighted by Crippen LogP contribution is -2.07. The first-order chi connectivity index (χ1) is 10.5. The zero-order valence-electron chi connectivity index (χ0n) is 13.2. The number of aryl methyl sites for hydroxylation is 1. The minimum atomic E-state index is -0.0803. The first-order valence-electron chi connectivity index (χ1n) is 7.26. The average molecular weight is 302 g/mol.